The van der Waals surface area contributed by atoms with Gasteiger partial charge in [0, 0.05) is 45.6 Å². The number of amides is 1. The Morgan fingerprint density at radius 3 is 2.93 bits per heavy atom. The van der Waals surface area contributed by atoms with Crippen molar-refractivity contribution >= 4 is 22.9 Å². The molecule has 9 nitrogen and oxygen atoms in total. The summed E-state index contributed by atoms with van der Waals surface area (Å²) in [4.78, 5) is 18.2. The molecular formula is C18H27N7O2. The Morgan fingerprint density at radius 1 is 1.33 bits per heavy atom. The number of aryl methyl sites for hydroxylation is 1. The van der Waals surface area contributed by atoms with E-state index in [-0.39, 0.29) is 12.1 Å². The summed E-state index contributed by atoms with van der Waals surface area (Å²) in [6, 6.07) is 2.06. The van der Waals surface area contributed by atoms with E-state index in [2.05, 4.69) is 52.3 Å². The minimum atomic E-state index is 0.234. The molecule has 9 heteroatoms. The molecule has 2 aromatic heterocycles. The topological polar surface area (TPSA) is 79.1 Å². The number of carbonyl (C=O) groups excluding carboxylic acids is 1. The van der Waals surface area contributed by atoms with E-state index in [1.165, 1.54) is 11.4 Å². The van der Waals surface area contributed by atoms with Gasteiger partial charge in [-0.25, -0.2) is 0 Å². The Hall–Kier alpha value is -2.42. The summed E-state index contributed by atoms with van der Waals surface area (Å²) in [5.74, 6) is 0.255. The number of pyridine rings is 1. The monoisotopic (exact) mass is 373 g/mol. The van der Waals surface area contributed by atoms with Crippen molar-refractivity contribution in [1.29, 1.82) is 0 Å². The molecule has 1 unspecified atom stereocenters. The zero-order chi connectivity index (χ0) is 19.0. The molecule has 4 rings (SSSR count). The van der Waals surface area contributed by atoms with Crippen LogP contribution in [0.25, 0.3) is 5.65 Å². The summed E-state index contributed by atoms with van der Waals surface area (Å²) in [6.07, 6.45) is 2.78. The minimum absolute atomic E-state index is 0.234. The Balaban J connectivity index is 1.39. The second kappa shape index (κ2) is 7.30. The van der Waals surface area contributed by atoms with Gasteiger partial charge in [-0.05, 0) is 30.7 Å². The first-order valence-electron chi connectivity index (χ1n) is 9.68. The van der Waals surface area contributed by atoms with Crippen molar-refractivity contribution in [2.24, 2.45) is 0 Å². The molecule has 2 aromatic rings. The van der Waals surface area contributed by atoms with Crippen molar-refractivity contribution in [1.82, 2.24) is 24.9 Å². The summed E-state index contributed by atoms with van der Waals surface area (Å²) < 4.78 is 7.64. The van der Waals surface area contributed by atoms with E-state index in [0.717, 1.165) is 37.3 Å². The normalized spacial score (nSPS) is 19.6. The van der Waals surface area contributed by atoms with Crippen LogP contribution in [-0.4, -0.2) is 76.9 Å². The van der Waals surface area contributed by atoms with Crippen molar-refractivity contribution in [3.63, 3.8) is 0 Å². The van der Waals surface area contributed by atoms with E-state index in [1.807, 2.05) is 4.90 Å². The van der Waals surface area contributed by atoms with Crippen molar-refractivity contribution < 1.29 is 9.53 Å². The molecule has 0 spiro atoms. The van der Waals surface area contributed by atoms with Crippen LogP contribution in [0.4, 0.5) is 11.4 Å². The minimum Gasteiger partial charge on any atom is -0.379 e. The standard InChI is InChI=1S/C18H27N7O2/c1-4-24-14-12-15-19-20-21-25(15)13(2)18(14)22(3)16(24)7-10-27-11-9-23-8-5-6-17(23)26/h12,16H,4-11H2,1-3H3. The average molecular weight is 373 g/mol. The van der Waals surface area contributed by atoms with Gasteiger partial charge in [0.1, 0.15) is 6.17 Å². The zero-order valence-electron chi connectivity index (χ0n) is 16.3. The van der Waals surface area contributed by atoms with Gasteiger partial charge in [-0.3, -0.25) is 4.79 Å². The molecule has 0 bridgehead atoms. The SMILES string of the molecule is CCN1c2cc3nnnn3c(C)c2N(C)C1CCOCCN1CCCC1=O. The number of rotatable bonds is 7. The molecule has 1 amide bonds. The summed E-state index contributed by atoms with van der Waals surface area (Å²) >= 11 is 0. The third-order valence-electron chi connectivity index (χ3n) is 5.67. The van der Waals surface area contributed by atoms with Crippen molar-refractivity contribution in [2.75, 3.05) is 49.7 Å². The maximum absolute atomic E-state index is 11.6. The van der Waals surface area contributed by atoms with Gasteiger partial charge in [-0.15, -0.1) is 5.10 Å². The summed E-state index contributed by atoms with van der Waals surface area (Å²) in [5.41, 5.74) is 4.16. The van der Waals surface area contributed by atoms with Crippen LogP contribution < -0.4 is 9.80 Å². The van der Waals surface area contributed by atoms with Gasteiger partial charge in [0.25, 0.3) is 0 Å². The fraction of sp³-hybridized carbons (Fsp3) is 0.667. The van der Waals surface area contributed by atoms with E-state index in [9.17, 15) is 4.79 Å². The van der Waals surface area contributed by atoms with E-state index >= 15 is 0 Å². The summed E-state index contributed by atoms with van der Waals surface area (Å²) in [5, 5.41) is 12.0. The highest BCUT2D eigenvalue weighted by Crippen LogP contribution is 2.42. The Morgan fingerprint density at radius 2 is 2.19 bits per heavy atom. The molecule has 2 aliphatic rings. The molecular weight excluding hydrogens is 346 g/mol. The van der Waals surface area contributed by atoms with Gasteiger partial charge in [-0.2, -0.15) is 4.52 Å². The first-order valence-corrected chi connectivity index (χ1v) is 9.68. The molecule has 1 atom stereocenters. The number of aromatic nitrogens is 4. The predicted molar refractivity (Wildman–Crippen MR) is 102 cm³/mol. The predicted octanol–water partition coefficient (Wildman–Crippen LogP) is 1.06. The van der Waals surface area contributed by atoms with Crippen LogP contribution >= 0.6 is 0 Å². The number of hydrogen-bond acceptors (Lipinski definition) is 7. The maximum atomic E-state index is 11.6. The summed E-state index contributed by atoms with van der Waals surface area (Å²) in [7, 11) is 2.12. The molecule has 4 heterocycles. The number of nitrogens with zero attached hydrogens (tertiary/aromatic N) is 7. The van der Waals surface area contributed by atoms with Crippen LogP contribution in [0, 0.1) is 6.92 Å². The smallest absolute Gasteiger partial charge is 0.222 e. The number of anilines is 2. The van der Waals surface area contributed by atoms with Crippen LogP contribution in [0.15, 0.2) is 6.07 Å². The van der Waals surface area contributed by atoms with Crippen LogP contribution in [-0.2, 0) is 9.53 Å². The number of likely N-dealkylation sites (tertiary alicyclic amines) is 1. The van der Waals surface area contributed by atoms with E-state index < -0.39 is 0 Å². The van der Waals surface area contributed by atoms with Crippen molar-refractivity contribution in [3.05, 3.63) is 11.8 Å². The van der Waals surface area contributed by atoms with Gasteiger partial charge in [0.15, 0.2) is 5.65 Å². The second-order valence-corrected chi connectivity index (χ2v) is 7.18. The lowest BCUT2D eigenvalue weighted by Gasteiger charge is -2.30. The van der Waals surface area contributed by atoms with Crippen LogP contribution in [0.5, 0.6) is 0 Å². The molecule has 1 fully saturated rings. The number of hydrogen-bond donors (Lipinski definition) is 0. The van der Waals surface area contributed by atoms with Gasteiger partial charge in [0.05, 0.1) is 30.3 Å². The highest BCUT2D eigenvalue weighted by Gasteiger charge is 2.35. The molecule has 0 saturated carbocycles. The highest BCUT2D eigenvalue weighted by atomic mass is 16.5. The van der Waals surface area contributed by atoms with E-state index in [1.54, 1.807) is 4.52 Å². The molecule has 2 aliphatic heterocycles. The third-order valence-corrected chi connectivity index (χ3v) is 5.67. The van der Waals surface area contributed by atoms with Crippen LogP contribution in [0.1, 0.15) is 31.9 Å². The van der Waals surface area contributed by atoms with Gasteiger partial charge in [-0.1, -0.05) is 0 Å². The first kappa shape index (κ1) is 18.0. The molecule has 146 valence electrons. The molecule has 27 heavy (non-hydrogen) atoms. The van der Waals surface area contributed by atoms with Crippen LogP contribution in [0.3, 0.4) is 0 Å². The third kappa shape index (κ3) is 3.09. The Bertz CT molecular complexity index is 836. The largest absolute Gasteiger partial charge is 0.379 e. The lowest BCUT2D eigenvalue weighted by Crippen LogP contribution is -2.42. The van der Waals surface area contributed by atoms with Gasteiger partial charge >= 0.3 is 0 Å². The fourth-order valence-electron chi connectivity index (χ4n) is 4.31. The van der Waals surface area contributed by atoms with Gasteiger partial charge in [0.2, 0.25) is 5.91 Å². The quantitative estimate of drug-likeness (QED) is 0.672. The Kier molecular flexibility index (Phi) is 4.86. The van der Waals surface area contributed by atoms with Crippen molar-refractivity contribution in [2.45, 2.75) is 39.3 Å². The fourth-order valence-corrected chi connectivity index (χ4v) is 4.31. The van der Waals surface area contributed by atoms with E-state index in [4.69, 9.17) is 4.74 Å². The van der Waals surface area contributed by atoms with Crippen molar-refractivity contribution in [3.8, 4) is 0 Å². The second-order valence-electron chi connectivity index (χ2n) is 7.18. The first-order chi connectivity index (χ1) is 13.1. The number of fused-ring (bicyclic) bond motifs is 2. The van der Waals surface area contributed by atoms with Gasteiger partial charge < -0.3 is 19.4 Å². The highest BCUT2D eigenvalue weighted by molar-refractivity contribution is 5.82. The average Bonchev–Trinajstić information content (AvgIpc) is 3.34. The number of tetrazole rings is 1. The lowest BCUT2D eigenvalue weighted by atomic mass is 10.2. The number of ether oxygens (including phenoxy) is 1. The molecule has 0 aliphatic carbocycles. The molecule has 0 aromatic carbocycles. The lowest BCUT2D eigenvalue weighted by molar-refractivity contribution is -0.128. The zero-order valence-corrected chi connectivity index (χ0v) is 16.3. The van der Waals surface area contributed by atoms with E-state index in [0.29, 0.717) is 26.2 Å². The molecule has 0 radical (unpaired) electrons. The molecule has 0 N–H and O–H groups in total. The van der Waals surface area contributed by atoms with Crippen LogP contribution in [0.2, 0.25) is 0 Å². The number of carbonyl (C=O) groups is 1. The maximum Gasteiger partial charge on any atom is 0.222 e. The molecule has 1 saturated heterocycles. The Labute approximate surface area is 158 Å². The summed E-state index contributed by atoms with van der Waals surface area (Å²) in [6.45, 7) is 7.96.